The second-order valence-electron chi connectivity index (χ2n) is 10.4. The number of nitrogens with zero attached hydrogens (tertiary/aromatic N) is 3. The van der Waals surface area contributed by atoms with Gasteiger partial charge >= 0.3 is 0 Å². The summed E-state index contributed by atoms with van der Waals surface area (Å²) in [7, 11) is 0. The molecule has 0 aliphatic carbocycles. The number of hydrogen-bond donors (Lipinski definition) is 3. The largest absolute Gasteiger partial charge is 0.354 e. The lowest BCUT2D eigenvalue weighted by Crippen LogP contribution is -2.33. The van der Waals surface area contributed by atoms with Crippen LogP contribution < -0.4 is 10.9 Å². The van der Waals surface area contributed by atoms with Gasteiger partial charge in [0, 0.05) is 42.9 Å². The van der Waals surface area contributed by atoms with Gasteiger partial charge in [0.1, 0.15) is 6.17 Å². The highest BCUT2D eigenvalue weighted by atomic mass is 19.1. The summed E-state index contributed by atoms with van der Waals surface area (Å²) in [6.07, 6.45) is 5.22. The van der Waals surface area contributed by atoms with Crippen molar-refractivity contribution < 1.29 is 9.18 Å². The lowest BCUT2D eigenvalue weighted by Gasteiger charge is -2.28. The molecule has 0 unspecified atom stereocenters. The highest BCUT2D eigenvalue weighted by Crippen LogP contribution is 2.26. The van der Waals surface area contributed by atoms with Gasteiger partial charge in [-0.2, -0.15) is 5.10 Å². The van der Waals surface area contributed by atoms with Crippen molar-refractivity contribution in [2.24, 2.45) is 0 Å². The van der Waals surface area contributed by atoms with E-state index in [4.69, 9.17) is 0 Å². The summed E-state index contributed by atoms with van der Waals surface area (Å²) in [4.78, 5) is 34.1. The number of rotatable bonds is 7. The number of H-pyrrole nitrogens is 2. The van der Waals surface area contributed by atoms with Gasteiger partial charge in [0.05, 0.1) is 34.7 Å². The molecule has 0 bridgehead atoms. The first kappa shape index (κ1) is 25.8. The average molecular weight is 539 g/mol. The van der Waals surface area contributed by atoms with Crippen molar-refractivity contribution in [3.05, 3.63) is 106 Å². The van der Waals surface area contributed by atoms with Gasteiger partial charge in [-0.3, -0.25) is 19.2 Å². The van der Waals surface area contributed by atoms with E-state index in [1.807, 2.05) is 49.4 Å². The zero-order valence-electron chi connectivity index (χ0n) is 22.2. The molecule has 2 aromatic carbocycles. The Kier molecular flexibility index (Phi) is 7.04. The van der Waals surface area contributed by atoms with Crippen LogP contribution in [0, 0.1) is 0 Å². The van der Waals surface area contributed by atoms with Crippen molar-refractivity contribution in [1.29, 1.82) is 0 Å². The predicted molar refractivity (Wildman–Crippen MR) is 154 cm³/mol. The third-order valence-corrected chi connectivity index (χ3v) is 7.60. The molecule has 40 heavy (non-hydrogen) atoms. The molecule has 0 radical (unpaired) electrons. The SMILES string of the molecule is C[C@@H](c1ccccc1)n1cc(C(=O)Nc2c[nH]c(=O)c(-c3cc4cc(CN5CCC(F)CC5)ccc4[nH]3)c2)cn1. The summed E-state index contributed by atoms with van der Waals surface area (Å²) in [5, 5.41) is 8.24. The van der Waals surface area contributed by atoms with Gasteiger partial charge in [0.25, 0.3) is 11.5 Å². The normalized spacial score (nSPS) is 15.3. The molecule has 204 valence electrons. The van der Waals surface area contributed by atoms with E-state index >= 15 is 0 Å². The molecule has 3 aromatic heterocycles. The van der Waals surface area contributed by atoms with Crippen molar-refractivity contribution in [1.82, 2.24) is 24.6 Å². The number of aromatic amines is 2. The Morgan fingerprint density at radius 1 is 1.12 bits per heavy atom. The molecule has 9 heteroatoms. The lowest BCUT2D eigenvalue weighted by atomic mass is 10.1. The number of carbonyl (C=O) groups excluding carboxylic acids is 1. The summed E-state index contributed by atoms with van der Waals surface area (Å²) < 4.78 is 15.2. The van der Waals surface area contributed by atoms with E-state index in [-0.39, 0.29) is 17.5 Å². The Morgan fingerprint density at radius 2 is 1.93 bits per heavy atom. The molecule has 6 rings (SSSR count). The first-order valence-electron chi connectivity index (χ1n) is 13.5. The molecule has 3 N–H and O–H groups in total. The average Bonchev–Trinajstić information content (AvgIpc) is 3.63. The molecule has 1 fully saturated rings. The number of aromatic nitrogens is 4. The number of pyridine rings is 1. The fourth-order valence-corrected chi connectivity index (χ4v) is 5.25. The van der Waals surface area contributed by atoms with Crippen LogP contribution in [0.1, 0.15) is 47.3 Å². The summed E-state index contributed by atoms with van der Waals surface area (Å²) in [5.74, 6) is -0.317. The quantitative estimate of drug-likeness (QED) is 0.254. The van der Waals surface area contributed by atoms with Crippen LogP contribution in [0.4, 0.5) is 10.1 Å². The Bertz CT molecular complexity index is 1700. The van der Waals surface area contributed by atoms with E-state index in [2.05, 4.69) is 37.4 Å². The Morgan fingerprint density at radius 3 is 2.73 bits per heavy atom. The van der Waals surface area contributed by atoms with E-state index < -0.39 is 6.17 Å². The van der Waals surface area contributed by atoms with Crippen molar-refractivity contribution >= 4 is 22.5 Å². The lowest BCUT2D eigenvalue weighted by molar-refractivity contribution is 0.102. The molecule has 1 aliphatic rings. The van der Waals surface area contributed by atoms with Crippen LogP contribution in [0.25, 0.3) is 22.2 Å². The number of hydrogen-bond acceptors (Lipinski definition) is 4. The molecule has 1 aliphatic heterocycles. The van der Waals surface area contributed by atoms with Crippen LogP contribution in [-0.4, -0.2) is 49.8 Å². The minimum atomic E-state index is -0.689. The summed E-state index contributed by atoms with van der Waals surface area (Å²) >= 11 is 0. The van der Waals surface area contributed by atoms with Crippen molar-refractivity contribution in [3.8, 4) is 11.3 Å². The molecule has 8 nitrogen and oxygen atoms in total. The highest BCUT2D eigenvalue weighted by Gasteiger charge is 2.19. The van der Waals surface area contributed by atoms with Crippen molar-refractivity contribution in [2.75, 3.05) is 18.4 Å². The number of nitrogens with one attached hydrogen (secondary N) is 3. The summed E-state index contributed by atoms with van der Waals surface area (Å²) in [5.41, 5.74) is 4.87. The number of likely N-dealkylation sites (tertiary alicyclic amines) is 1. The number of benzene rings is 2. The number of piperidine rings is 1. The molecule has 0 spiro atoms. The van der Waals surface area contributed by atoms with Gasteiger partial charge in [0.2, 0.25) is 0 Å². The van der Waals surface area contributed by atoms with Crippen LogP contribution in [0.2, 0.25) is 0 Å². The third kappa shape index (κ3) is 5.46. The molecule has 4 heterocycles. The fourth-order valence-electron chi connectivity index (χ4n) is 5.25. The fraction of sp³-hybridized carbons (Fsp3) is 0.258. The van der Waals surface area contributed by atoms with Crippen LogP contribution >= 0.6 is 0 Å². The van der Waals surface area contributed by atoms with E-state index in [0.29, 0.717) is 35.3 Å². The molecule has 1 saturated heterocycles. The number of alkyl halides is 1. The number of amides is 1. The zero-order valence-corrected chi connectivity index (χ0v) is 22.2. The van der Waals surface area contributed by atoms with Crippen molar-refractivity contribution in [3.63, 3.8) is 0 Å². The molecule has 1 atom stereocenters. The Balaban J connectivity index is 1.18. The second kappa shape index (κ2) is 10.9. The van der Waals surface area contributed by atoms with Gasteiger partial charge in [-0.1, -0.05) is 36.4 Å². The third-order valence-electron chi connectivity index (χ3n) is 7.60. The topological polar surface area (TPSA) is 98.8 Å². The van der Waals surface area contributed by atoms with Gasteiger partial charge in [-0.25, -0.2) is 4.39 Å². The minimum Gasteiger partial charge on any atom is -0.354 e. The Hall–Kier alpha value is -4.50. The zero-order chi connectivity index (χ0) is 27.6. The van der Waals surface area contributed by atoms with Crippen LogP contribution in [0.15, 0.2) is 84.0 Å². The second-order valence-corrected chi connectivity index (χ2v) is 10.4. The first-order valence-corrected chi connectivity index (χ1v) is 13.5. The molecule has 5 aromatic rings. The number of carbonyl (C=O) groups is 1. The highest BCUT2D eigenvalue weighted by molar-refractivity contribution is 6.04. The minimum absolute atomic E-state index is 0.0210. The van der Waals surface area contributed by atoms with E-state index in [1.165, 1.54) is 12.4 Å². The van der Waals surface area contributed by atoms with Crippen LogP contribution in [0.3, 0.4) is 0 Å². The van der Waals surface area contributed by atoms with Gasteiger partial charge < -0.3 is 15.3 Å². The monoisotopic (exact) mass is 538 g/mol. The standard InChI is InChI=1S/C31H31FN6O2/c1-20(22-5-3-2-4-6-22)38-19-24(16-34-38)30(39)35-26-15-27(31(40)33-17-26)29-14-23-13-21(7-8-28(23)36-29)18-37-11-9-25(32)10-12-37/h2-8,13-17,19-20,25,36H,9-12,18H2,1H3,(H,33,40)(H,35,39)/t20-/m0/s1. The molecule has 0 saturated carbocycles. The van der Waals surface area contributed by atoms with E-state index in [9.17, 15) is 14.0 Å². The predicted octanol–water partition coefficient (Wildman–Crippen LogP) is 5.52. The first-order chi connectivity index (χ1) is 19.4. The number of halogens is 1. The maximum absolute atomic E-state index is 13.5. The van der Waals surface area contributed by atoms with E-state index in [0.717, 1.165) is 41.7 Å². The van der Waals surface area contributed by atoms with Crippen LogP contribution in [0.5, 0.6) is 0 Å². The van der Waals surface area contributed by atoms with Gasteiger partial charge in [0.15, 0.2) is 0 Å². The molecular formula is C31H31FN6O2. The van der Waals surface area contributed by atoms with Crippen LogP contribution in [-0.2, 0) is 6.54 Å². The number of anilines is 1. The summed E-state index contributed by atoms with van der Waals surface area (Å²) in [6, 6.07) is 19.7. The maximum atomic E-state index is 13.5. The van der Waals surface area contributed by atoms with Crippen molar-refractivity contribution in [2.45, 2.75) is 38.5 Å². The maximum Gasteiger partial charge on any atom is 0.258 e. The van der Waals surface area contributed by atoms with Gasteiger partial charge in [-0.15, -0.1) is 0 Å². The smallest absolute Gasteiger partial charge is 0.258 e. The molecular weight excluding hydrogens is 507 g/mol. The van der Waals surface area contributed by atoms with Gasteiger partial charge in [-0.05, 0) is 55.2 Å². The van der Waals surface area contributed by atoms with E-state index in [1.54, 1.807) is 16.9 Å². The summed E-state index contributed by atoms with van der Waals surface area (Å²) in [6.45, 7) is 4.32. The number of fused-ring (bicyclic) bond motifs is 1. The Labute approximate surface area is 230 Å². The molecule has 1 amide bonds.